The minimum absolute atomic E-state index is 0.0607. The highest BCUT2D eigenvalue weighted by Crippen LogP contribution is 2.29. The van der Waals surface area contributed by atoms with Crippen LogP contribution in [0.25, 0.3) is 10.9 Å². The van der Waals surface area contributed by atoms with Gasteiger partial charge in [0, 0.05) is 28.7 Å². The Morgan fingerprint density at radius 3 is 2.95 bits per heavy atom. The number of amides is 2. The van der Waals surface area contributed by atoms with Gasteiger partial charge >= 0.3 is 6.03 Å². The fraction of sp³-hybridized carbons (Fsp3) is 0.471. The van der Waals surface area contributed by atoms with E-state index in [0.717, 1.165) is 19.3 Å². The van der Waals surface area contributed by atoms with Crippen LogP contribution in [0, 0.1) is 6.92 Å². The largest absolute Gasteiger partial charge is 0.358 e. The van der Waals surface area contributed by atoms with E-state index in [1.165, 1.54) is 27.7 Å². The third-order valence-corrected chi connectivity index (χ3v) is 4.10. The van der Waals surface area contributed by atoms with Gasteiger partial charge in [0.2, 0.25) is 0 Å². The van der Waals surface area contributed by atoms with Crippen LogP contribution >= 0.6 is 0 Å². The minimum Gasteiger partial charge on any atom is -0.358 e. The van der Waals surface area contributed by atoms with Crippen molar-refractivity contribution in [3.63, 3.8) is 0 Å². The number of hydrogen-bond donors (Lipinski definition) is 3. The van der Waals surface area contributed by atoms with Crippen LogP contribution in [0.15, 0.2) is 18.2 Å². The molecule has 1 atom stereocenters. The normalized spacial score (nSPS) is 17.8. The minimum atomic E-state index is -0.0607. The number of rotatable bonds is 2. The topological polar surface area (TPSA) is 56.9 Å². The van der Waals surface area contributed by atoms with Crippen molar-refractivity contribution in [2.45, 2.75) is 52.1 Å². The molecule has 0 saturated carbocycles. The van der Waals surface area contributed by atoms with E-state index in [1.807, 2.05) is 13.8 Å². The third-order valence-electron chi connectivity index (χ3n) is 4.10. The molecule has 0 saturated heterocycles. The van der Waals surface area contributed by atoms with Crippen LogP contribution in [0.5, 0.6) is 0 Å². The van der Waals surface area contributed by atoms with Crippen LogP contribution in [0.2, 0.25) is 0 Å². The molecule has 0 fully saturated rings. The van der Waals surface area contributed by atoms with Crippen LogP contribution in [0.3, 0.4) is 0 Å². The average Bonchev–Trinajstić information content (AvgIpc) is 2.75. The number of aryl methyl sites for hydroxylation is 2. The lowest BCUT2D eigenvalue weighted by molar-refractivity contribution is 0.233. The van der Waals surface area contributed by atoms with E-state index in [9.17, 15) is 4.79 Å². The van der Waals surface area contributed by atoms with Gasteiger partial charge < -0.3 is 15.6 Å². The summed E-state index contributed by atoms with van der Waals surface area (Å²) in [6.45, 7) is 6.06. The number of aromatic nitrogens is 1. The van der Waals surface area contributed by atoms with Crippen molar-refractivity contribution in [1.82, 2.24) is 15.6 Å². The van der Waals surface area contributed by atoms with E-state index in [2.05, 4.69) is 40.7 Å². The molecular formula is C17H23N3O. The highest BCUT2D eigenvalue weighted by atomic mass is 16.2. The predicted molar refractivity (Wildman–Crippen MR) is 85.7 cm³/mol. The first-order chi connectivity index (χ1) is 10.0. The molecule has 1 aliphatic carbocycles. The van der Waals surface area contributed by atoms with Crippen molar-refractivity contribution in [3.8, 4) is 0 Å². The summed E-state index contributed by atoms with van der Waals surface area (Å²) in [5.41, 5.74) is 5.18. The van der Waals surface area contributed by atoms with Crippen molar-refractivity contribution in [2.75, 3.05) is 0 Å². The summed E-state index contributed by atoms with van der Waals surface area (Å²) in [4.78, 5) is 15.4. The lowest BCUT2D eigenvalue weighted by atomic mass is 9.91. The summed E-state index contributed by atoms with van der Waals surface area (Å²) in [6.07, 6.45) is 2.89. The molecule has 3 N–H and O–H groups in total. The number of carbonyl (C=O) groups is 1. The summed E-state index contributed by atoms with van der Waals surface area (Å²) in [5.74, 6) is 0. The first kappa shape index (κ1) is 14.0. The maximum absolute atomic E-state index is 11.9. The molecular weight excluding hydrogens is 262 g/mol. The second-order valence-corrected chi connectivity index (χ2v) is 6.34. The lowest BCUT2D eigenvalue weighted by Crippen LogP contribution is -2.46. The Labute approximate surface area is 125 Å². The van der Waals surface area contributed by atoms with Crippen LogP contribution in [0.1, 0.15) is 37.1 Å². The van der Waals surface area contributed by atoms with Gasteiger partial charge in [-0.25, -0.2) is 4.79 Å². The quantitative estimate of drug-likeness (QED) is 0.780. The number of aromatic amines is 1. The molecule has 112 valence electrons. The Morgan fingerprint density at radius 1 is 1.38 bits per heavy atom. The van der Waals surface area contributed by atoms with Gasteiger partial charge in [-0.05, 0) is 57.7 Å². The summed E-state index contributed by atoms with van der Waals surface area (Å²) in [6, 6.07) is 6.85. The predicted octanol–water partition coefficient (Wildman–Crippen LogP) is 3.04. The van der Waals surface area contributed by atoms with Crippen molar-refractivity contribution in [2.24, 2.45) is 0 Å². The Balaban J connectivity index is 1.79. The van der Waals surface area contributed by atoms with Crippen LogP contribution in [-0.4, -0.2) is 23.1 Å². The average molecular weight is 285 g/mol. The molecule has 1 heterocycles. The monoisotopic (exact) mass is 285 g/mol. The summed E-state index contributed by atoms with van der Waals surface area (Å²) in [5, 5.41) is 7.30. The molecule has 0 radical (unpaired) electrons. The maximum Gasteiger partial charge on any atom is 0.315 e. The molecule has 0 bridgehead atoms. The van der Waals surface area contributed by atoms with Gasteiger partial charge in [-0.3, -0.25) is 0 Å². The Hall–Kier alpha value is -1.97. The van der Waals surface area contributed by atoms with E-state index in [-0.39, 0.29) is 18.1 Å². The summed E-state index contributed by atoms with van der Waals surface area (Å²) in [7, 11) is 0. The lowest BCUT2D eigenvalue weighted by Gasteiger charge is -2.24. The Bertz CT molecular complexity index is 672. The van der Waals surface area contributed by atoms with Gasteiger partial charge in [-0.1, -0.05) is 11.6 Å². The highest BCUT2D eigenvalue weighted by Gasteiger charge is 2.23. The van der Waals surface area contributed by atoms with Crippen LogP contribution in [0.4, 0.5) is 4.79 Å². The molecule has 4 nitrogen and oxygen atoms in total. The fourth-order valence-electron chi connectivity index (χ4n) is 3.14. The van der Waals surface area contributed by atoms with Gasteiger partial charge in [-0.15, -0.1) is 0 Å². The smallest absolute Gasteiger partial charge is 0.315 e. The maximum atomic E-state index is 11.9. The summed E-state index contributed by atoms with van der Waals surface area (Å²) >= 11 is 0. The van der Waals surface area contributed by atoms with Gasteiger partial charge in [0.15, 0.2) is 0 Å². The van der Waals surface area contributed by atoms with Crippen molar-refractivity contribution < 1.29 is 4.79 Å². The molecule has 2 amide bonds. The molecule has 1 aromatic heterocycles. The van der Waals surface area contributed by atoms with Gasteiger partial charge in [0.1, 0.15) is 0 Å². The van der Waals surface area contributed by atoms with Gasteiger partial charge in [0.05, 0.1) is 0 Å². The van der Waals surface area contributed by atoms with Gasteiger partial charge in [0.25, 0.3) is 0 Å². The van der Waals surface area contributed by atoms with Crippen molar-refractivity contribution in [3.05, 3.63) is 35.0 Å². The van der Waals surface area contributed by atoms with E-state index < -0.39 is 0 Å². The Kier molecular flexibility index (Phi) is 3.62. The second-order valence-electron chi connectivity index (χ2n) is 6.34. The molecule has 1 aromatic carbocycles. The van der Waals surface area contributed by atoms with Crippen molar-refractivity contribution in [1.29, 1.82) is 0 Å². The second kappa shape index (κ2) is 5.43. The number of H-pyrrole nitrogens is 1. The number of fused-ring (bicyclic) bond motifs is 3. The molecule has 4 heteroatoms. The molecule has 1 unspecified atom stereocenters. The Morgan fingerprint density at radius 2 is 2.19 bits per heavy atom. The molecule has 2 aromatic rings. The number of benzene rings is 1. The van der Waals surface area contributed by atoms with Crippen LogP contribution < -0.4 is 10.6 Å². The third kappa shape index (κ3) is 2.89. The molecule has 0 spiro atoms. The first-order valence-electron chi connectivity index (χ1n) is 7.70. The van der Waals surface area contributed by atoms with Crippen LogP contribution in [-0.2, 0) is 12.8 Å². The zero-order valence-electron chi connectivity index (χ0n) is 12.9. The molecule has 21 heavy (non-hydrogen) atoms. The molecule has 0 aliphatic heterocycles. The number of urea groups is 1. The SMILES string of the molecule is Cc1ccc2[nH]c3c(c2c1)CC(NC(=O)NC(C)C)CC3. The van der Waals surface area contributed by atoms with E-state index in [1.54, 1.807) is 0 Å². The van der Waals surface area contributed by atoms with Crippen molar-refractivity contribution >= 4 is 16.9 Å². The first-order valence-corrected chi connectivity index (χ1v) is 7.70. The number of hydrogen-bond acceptors (Lipinski definition) is 1. The highest BCUT2D eigenvalue weighted by molar-refractivity contribution is 5.86. The van der Waals surface area contributed by atoms with E-state index >= 15 is 0 Å². The summed E-state index contributed by atoms with van der Waals surface area (Å²) < 4.78 is 0. The standard InChI is InChI=1S/C17H23N3O/c1-10(2)18-17(21)19-12-5-7-16-14(9-12)13-8-11(3)4-6-15(13)20-16/h4,6,8,10,12,20H,5,7,9H2,1-3H3,(H2,18,19,21). The fourth-order valence-corrected chi connectivity index (χ4v) is 3.14. The molecule has 1 aliphatic rings. The molecule has 3 rings (SSSR count). The van der Waals surface area contributed by atoms with Gasteiger partial charge in [-0.2, -0.15) is 0 Å². The van der Waals surface area contributed by atoms with E-state index in [4.69, 9.17) is 0 Å². The zero-order chi connectivity index (χ0) is 15.0. The number of carbonyl (C=O) groups excluding carboxylic acids is 1. The number of nitrogens with one attached hydrogen (secondary N) is 3. The van der Waals surface area contributed by atoms with E-state index in [0.29, 0.717) is 0 Å². The zero-order valence-corrected chi connectivity index (χ0v) is 12.9.